The number of carbonyl (C=O) groups is 4. The Balaban J connectivity index is 2.79. The van der Waals surface area contributed by atoms with Crippen molar-refractivity contribution < 1.29 is 42.0 Å². The van der Waals surface area contributed by atoms with E-state index in [1.807, 2.05) is 0 Å². The van der Waals surface area contributed by atoms with Gasteiger partial charge in [-0.05, 0) is 18.2 Å². The van der Waals surface area contributed by atoms with Gasteiger partial charge in [-0.15, -0.1) is 0 Å². The van der Waals surface area contributed by atoms with Crippen LogP contribution in [0.1, 0.15) is 27.7 Å². The zero-order valence-electron chi connectivity index (χ0n) is 20.5. The van der Waals surface area contributed by atoms with E-state index in [0.29, 0.717) is 0 Å². The van der Waals surface area contributed by atoms with Crippen LogP contribution in [0.2, 0.25) is 15.1 Å². The first-order valence-corrected chi connectivity index (χ1v) is 11.8. The first kappa shape index (κ1) is 31.8. The predicted octanol–water partition coefficient (Wildman–Crippen LogP) is 6.00. The first-order valence-electron chi connectivity index (χ1n) is 10.6. The number of benzene rings is 2. The van der Waals surface area contributed by atoms with Crippen LogP contribution in [0, 0.1) is 15.5 Å². The molecule has 0 spiro atoms. The molecule has 0 aromatic heterocycles. The second kappa shape index (κ2) is 11.8. The number of alkyl halides is 3. The molecule has 2 rings (SSSR count). The van der Waals surface area contributed by atoms with E-state index in [1.54, 1.807) is 0 Å². The largest absolute Gasteiger partial charge is 0.471 e. The minimum absolute atomic E-state index is 0.163. The maximum atomic E-state index is 13.8. The molecule has 210 valence electrons. The first-order chi connectivity index (χ1) is 17.7. The Labute approximate surface area is 234 Å². The molecule has 2 aromatic carbocycles. The number of anilines is 2. The third-order valence-corrected chi connectivity index (χ3v) is 5.77. The third-order valence-electron chi connectivity index (χ3n) is 4.88. The number of ether oxygens (including phenoxy) is 1. The molecule has 0 bridgehead atoms. The maximum absolute atomic E-state index is 13.8. The summed E-state index contributed by atoms with van der Waals surface area (Å²) in [6.07, 6.45) is -5.60. The van der Waals surface area contributed by atoms with Gasteiger partial charge in [-0.2, -0.15) is 13.2 Å². The summed E-state index contributed by atoms with van der Waals surface area (Å²) in [4.78, 5) is 61.0. The van der Waals surface area contributed by atoms with Gasteiger partial charge in [0.25, 0.3) is 11.6 Å². The third kappa shape index (κ3) is 7.58. The second-order valence-electron chi connectivity index (χ2n) is 8.93. The van der Waals surface area contributed by atoms with Crippen molar-refractivity contribution in [1.29, 1.82) is 0 Å². The SMILES string of the molecule is CC(=O)Oc1c(Cl)cc(N(C(=O)C(F)(F)F)C(C(=O)Nc2cc([N+](=O)[O-])ccc2Cl)C(=O)C(C)(C)C)cc1Cl. The summed E-state index contributed by atoms with van der Waals surface area (Å²) in [7, 11) is 0. The number of carbonyl (C=O) groups excluding carboxylic acids is 4. The molecule has 0 aliphatic rings. The van der Waals surface area contributed by atoms with Crippen molar-refractivity contribution in [2.24, 2.45) is 5.41 Å². The van der Waals surface area contributed by atoms with E-state index >= 15 is 0 Å². The van der Waals surface area contributed by atoms with Gasteiger partial charge < -0.3 is 10.1 Å². The molecule has 1 atom stereocenters. The van der Waals surface area contributed by atoms with Gasteiger partial charge >= 0.3 is 18.1 Å². The number of ketones is 1. The predicted molar refractivity (Wildman–Crippen MR) is 136 cm³/mol. The number of esters is 1. The topological polar surface area (TPSA) is 136 Å². The molecular formula is C23H19Cl3F3N3O7. The number of rotatable bonds is 7. The molecule has 0 aliphatic heterocycles. The molecule has 0 saturated heterocycles. The van der Waals surface area contributed by atoms with Crippen LogP contribution in [-0.2, 0) is 19.2 Å². The van der Waals surface area contributed by atoms with E-state index in [1.165, 1.54) is 20.8 Å². The highest BCUT2D eigenvalue weighted by atomic mass is 35.5. The molecule has 10 nitrogen and oxygen atoms in total. The van der Waals surface area contributed by atoms with Crippen molar-refractivity contribution in [1.82, 2.24) is 0 Å². The van der Waals surface area contributed by atoms with E-state index in [2.05, 4.69) is 5.32 Å². The van der Waals surface area contributed by atoms with Crippen LogP contribution in [0.4, 0.5) is 30.2 Å². The van der Waals surface area contributed by atoms with Crippen LogP contribution < -0.4 is 15.0 Å². The summed E-state index contributed by atoms with van der Waals surface area (Å²) in [6, 6.07) is 1.85. The molecule has 2 amide bonds. The van der Waals surface area contributed by atoms with Crippen LogP contribution in [0.15, 0.2) is 30.3 Å². The number of nitro benzene ring substituents is 1. The lowest BCUT2D eigenvalue weighted by molar-refractivity contribution is -0.384. The van der Waals surface area contributed by atoms with E-state index < -0.39 is 79.0 Å². The van der Waals surface area contributed by atoms with Gasteiger partial charge in [0.1, 0.15) is 0 Å². The lowest BCUT2D eigenvalue weighted by Gasteiger charge is -2.34. The average molecular weight is 613 g/mol. The van der Waals surface area contributed by atoms with Crippen molar-refractivity contribution >= 4 is 75.4 Å². The smallest absolute Gasteiger partial charge is 0.424 e. The number of Topliss-reactive ketones (excluding diaryl/α,β-unsaturated/α-hetero) is 1. The number of nitro groups is 1. The molecule has 39 heavy (non-hydrogen) atoms. The molecule has 1 N–H and O–H groups in total. The van der Waals surface area contributed by atoms with Crippen LogP contribution in [0.5, 0.6) is 5.75 Å². The van der Waals surface area contributed by atoms with E-state index in [0.717, 1.165) is 37.3 Å². The number of hydrogen-bond donors (Lipinski definition) is 1. The van der Waals surface area contributed by atoms with Gasteiger partial charge in [0.15, 0.2) is 17.6 Å². The lowest BCUT2D eigenvalue weighted by Crippen LogP contribution is -2.58. The molecule has 0 saturated carbocycles. The van der Waals surface area contributed by atoms with Gasteiger partial charge in [0.2, 0.25) is 0 Å². The quantitative estimate of drug-likeness (QED) is 0.133. The standard InChI is InChI=1S/C23H19Cl3F3N3O7/c1-10(33)39-18-14(25)7-12(8-15(18)26)31(21(36)23(27,28)29)17(19(34)22(2,3)4)20(35)30-16-9-11(32(37)38)5-6-13(16)24/h5-9,17H,1-4H3,(H,30,35). The highest BCUT2D eigenvalue weighted by Gasteiger charge is 2.51. The second-order valence-corrected chi connectivity index (χ2v) is 10.2. The van der Waals surface area contributed by atoms with Crippen molar-refractivity contribution in [2.75, 3.05) is 10.2 Å². The summed E-state index contributed by atoms with van der Waals surface area (Å²) in [6.45, 7) is 4.86. The zero-order valence-corrected chi connectivity index (χ0v) is 22.8. The number of hydrogen-bond acceptors (Lipinski definition) is 7. The van der Waals surface area contributed by atoms with E-state index in [9.17, 15) is 42.5 Å². The fourth-order valence-corrected chi connectivity index (χ4v) is 3.85. The van der Waals surface area contributed by atoms with Crippen LogP contribution in [-0.4, -0.2) is 40.7 Å². The van der Waals surface area contributed by atoms with Gasteiger partial charge in [0.05, 0.1) is 25.7 Å². The number of nitrogens with zero attached hydrogens (tertiary/aromatic N) is 2. The molecular weight excluding hydrogens is 594 g/mol. The van der Waals surface area contributed by atoms with Crippen molar-refractivity contribution in [3.63, 3.8) is 0 Å². The van der Waals surface area contributed by atoms with Crippen molar-refractivity contribution in [3.8, 4) is 5.75 Å². The molecule has 0 aliphatic carbocycles. The van der Waals surface area contributed by atoms with Gasteiger partial charge in [-0.3, -0.25) is 34.2 Å². The summed E-state index contributed by atoms with van der Waals surface area (Å²) < 4.78 is 46.2. The van der Waals surface area contributed by atoms with Crippen molar-refractivity contribution in [2.45, 2.75) is 39.9 Å². The fourth-order valence-electron chi connectivity index (χ4n) is 3.13. The molecule has 1 unspecified atom stereocenters. The minimum atomic E-state index is -5.60. The van der Waals surface area contributed by atoms with Crippen molar-refractivity contribution in [3.05, 3.63) is 55.5 Å². The summed E-state index contributed by atoms with van der Waals surface area (Å²) in [5.41, 5.74) is -3.19. The molecule has 0 fully saturated rings. The Kier molecular flexibility index (Phi) is 9.59. The normalized spacial score (nSPS) is 12.4. The number of amides is 2. The average Bonchev–Trinajstić information content (AvgIpc) is 2.78. The van der Waals surface area contributed by atoms with E-state index in [-0.39, 0.29) is 9.92 Å². The Bertz CT molecular complexity index is 1340. The number of nitrogens with one attached hydrogen (secondary N) is 1. The molecule has 16 heteroatoms. The molecule has 0 heterocycles. The Morgan fingerprint density at radius 3 is 1.97 bits per heavy atom. The maximum Gasteiger partial charge on any atom is 0.471 e. The number of halogens is 6. The van der Waals surface area contributed by atoms with Gasteiger partial charge in [0, 0.05) is 30.2 Å². The minimum Gasteiger partial charge on any atom is -0.424 e. The molecule has 2 aromatic rings. The summed E-state index contributed by atoms with van der Waals surface area (Å²) in [5.74, 6) is -6.59. The van der Waals surface area contributed by atoms with Gasteiger partial charge in [-0.1, -0.05) is 55.6 Å². The fraction of sp³-hybridized carbons (Fsp3) is 0.304. The zero-order chi connectivity index (χ0) is 30.0. The highest BCUT2D eigenvalue weighted by Crippen LogP contribution is 2.40. The van der Waals surface area contributed by atoms with Crippen LogP contribution >= 0.6 is 34.8 Å². The van der Waals surface area contributed by atoms with Crippen LogP contribution in [0.3, 0.4) is 0 Å². The monoisotopic (exact) mass is 611 g/mol. The van der Waals surface area contributed by atoms with E-state index in [4.69, 9.17) is 39.5 Å². The Hall–Kier alpha value is -3.42. The number of non-ortho nitro benzene ring substituents is 1. The lowest BCUT2D eigenvalue weighted by atomic mass is 9.85. The van der Waals surface area contributed by atoms with Crippen LogP contribution in [0.25, 0.3) is 0 Å². The van der Waals surface area contributed by atoms with Gasteiger partial charge in [-0.25, -0.2) is 0 Å². The Morgan fingerprint density at radius 1 is 1.00 bits per heavy atom. The molecule has 0 radical (unpaired) electrons. The summed E-state index contributed by atoms with van der Waals surface area (Å²) >= 11 is 18.1. The summed E-state index contributed by atoms with van der Waals surface area (Å²) in [5, 5.41) is 11.9. The highest BCUT2D eigenvalue weighted by molar-refractivity contribution is 6.38. The Morgan fingerprint density at radius 2 is 1.54 bits per heavy atom.